The molecule has 1 fully saturated rings. The third-order valence-electron chi connectivity index (χ3n) is 6.48. The Morgan fingerprint density at radius 1 is 1.20 bits per heavy atom. The number of hydrogen-bond acceptors (Lipinski definition) is 9. The van der Waals surface area contributed by atoms with E-state index in [0.29, 0.717) is 16.3 Å². The summed E-state index contributed by atoms with van der Waals surface area (Å²) in [5, 5.41) is 10.4. The van der Waals surface area contributed by atoms with Gasteiger partial charge in [0.25, 0.3) is 0 Å². The minimum absolute atomic E-state index is 0.0208. The number of allylic oxidation sites excluding steroid dienone is 2. The lowest BCUT2D eigenvalue weighted by atomic mass is 9.96. The lowest BCUT2D eigenvalue weighted by molar-refractivity contribution is -0.161. The van der Waals surface area contributed by atoms with Crippen molar-refractivity contribution in [3.63, 3.8) is 0 Å². The predicted molar refractivity (Wildman–Crippen MR) is 162 cm³/mol. The zero-order valence-electron chi connectivity index (χ0n) is 24.3. The van der Waals surface area contributed by atoms with Crippen molar-refractivity contribution in [1.29, 1.82) is 5.26 Å². The van der Waals surface area contributed by atoms with E-state index in [4.69, 9.17) is 9.47 Å². The fourth-order valence-electron chi connectivity index (χ4n) is 4.43. The number of piperidine rings is 1. The Bertz CT molecular complexity index is 1450. The SMILES string of the molecule is CC=NC(=N/C(C)=C(\C#N)c1nc2cccnc2s1)OCc1ccc(CN2CCC(C(=O)OC(C)(C)C)CC2)cc1. The zero-order chi connectivity index (χ0) is 29.4. The number of nitrogens with zero attached hydrogens (tertiary/aromatic N) is 6. The molecule has 0 unspecified atom stereocenters. The van der Waals surface area contributed by atoms with Crippen molar-refractivity contribution in [1.82, 2.24) is 14.9 Å². The number of thiazole rings is 1. The number of benzene rings is 1. The molecule has 1 aromatic carbocycles. The highest BCUT2D eigenvalue weighted by Crippen LogP contribution is 2.28. The second kappa shape index (κ2) is 13.6. The van der Waals surface area contributed by atoms with Crippen molar-refractivity contribution >= 4 is 45.5 Å². The van der Waals surface area contributed by atoms with Gasteiger partial charge >= 0.3 is 12.0 Å². The lowest BCUT2D eigenvalue weighted by Crippen LogP contribution is -2.38. The molecular formula is C31H36N6O3S. The molecule has 0 saturated carbocycles. The van der Waals surface area contributed by atoms with E-state index < -0.39 is 5.60 Å². The molecule has 3 heterocycles. The summed E-state index contributed by atoms with van der Waals surface area (Å²) in [6.45, 7) is 12.1. The Morgan fingerprint density at radius 3 is 2.54 bits per heavy atom. The van der Waals surface area contributed by atoms with Crippen LogP contribution < -0.4 is 0 Å². The molecule has 9 nitrogen and oxygen atoms in total. The lowest BCUT2D eigenvalue weighted by Gasteiger charge is -2.32. The maximum absolute atomic E-state index is 12.4. The number of nitriles is 1. The van der Waals surface area contributed by atoms with Gasteiger partial charge in [0.1, 0.15) is 39.2 Å². The first-order valence-corrected chi connectivity index (χ1v) is 14.5. The molecule has 3 aromatic rings. The molecule has 41 heavy (non-hydrogen) atoms. The average molecular weight is 573 g/mol. The van der Waals surface area contributed by atoms with Crippen molar-refractivity contribution in [2.45, 2.75) is 66.2 Å². The summed E-state index contributed by atoms with van der Waals surface area (Å²) in [6, 6.07) is 14.3. The molecule has 1 aliphatic heterocycles. The molecule has 0 N–H and O–H groups in total. The molecule has 0 spiro atoms. The van der Waals surface area contributed by atoms with Gasteiger partial charge in [-0.2, -0.15) is 10.3 Å². The number of pyridine rings is 1. The van der Waals surface area contributed by atoms with E-state index in [1.54, 1.807) is 26.3 Å². The molecule has 1 saturated heterocycles. The van der Waals surface area contributed by atoms with E-state index in [1.165, 1.54) is 16.9 Å². The number of hydrogen-bond donors (Lipinski definition) is 0. The number of likely N-dealkylation sites (tertiary alicyclic amines) is 1. The number of aromatic nitrogens is 2. The fourth-order valence-corrected chi connectivity index (χ4v) is 5.38. The van der Waals surface area contributed by atoms with Gasteiger partial charge in [0.15, 0.2) is 0 Å². The maximum Gasteiger partial charge on any atom is 0.316 e. The summed E-state index contributed by atoms with van der Waals surface area (Å²) in [6.07, 6.45) is 4.95. The van der Waals surface area contributed by atoms with E-state index in [-0.39, 0.29) is 24.5 Å². The molecular weight excluding hydrogens is 536 g/mol. The summed E-state index contributed by atoms with van der Waals surface area (Å²) in [7, 11) is 0. The van der Waals surface area contributed by atoms with Crippen molar-refractivity contribution < 1.29 is 14.3 Å². The van der Waals surface area contributed by atoms with E-state index in [1.807, 2.05) is 45.0 Å². The monoisotopic (exact) mass is 572 g/mol. The van der Waals surface area contributed by atoms with E-state index in [0.717, 1.165) is 48.4 Å². The molecule has 0 amide bonds. The topological polar surface area (TPSA) is 113 Å². The van der Waals surface area contributed by atoms with Gasteiger partial charge in [-0.05, 0) is 83.8 Å². The smallest absolute Gasteiger partial charge is 0.316 e. The Kier molecular flexibility index (Phi) is 9.97. The van der Waals surface area contributed by atoms with Gasteiger partial charge in [0.05, 0.1) is 11.6 Å². The van der Waals surface area contributed by atoms with Crippen LogP contribution in [0.4, 0.5) is 0 Å². The Labute approximate surface area is 245 Å². The predicted octanol–water partition coefficient (Wildman–Crippen LogP) is 6.16. The van der Waals surface area contributed by atoms with Crippen molar-refractivity contribution in [2.75, 3.05) is 13.1 Å². The summed E-state index contributed by atoms with van der Waals surface area (Å²) in [4.78, 5) is 33.1. The quantitative estimate of drug-likeness (QED) is 0.144. The van der Waals surface area contributed by atoms with Gasteiger partial charge in [-0.1, -0.05) is 35.6 Å². The van der Waals surface area contributed by atoms with Crippen LogP contribution in [0.5, 0.6) is 0 Å². The Balaban J connectivity index is 1.34. The van der Waals surface area contributed by atoms with Crippen LogP contribution in [0.2, 0.25) is 0 Å². The number of fused-ring (bicyclic) bond motifs is 1. The van der Waals surface area contributed by atoms with E-state index in [9.17, 15) is 10.1 Å². The molecule has 10 heteroatoms. The first-order chi connectivity index (χ1) is 19.6. The number of ether oxygens (including phenoxy) is 2. The van der Waals surface area contributed by atoms with Gasteiger partial charge in [-0.25, -0.2) is 15.0 Å². The second-order valence-electron chi connectivity index (χ2n) is 10.9. The van der Waals surface area contributed by atoms with Crippen LogP contribution >= 0.6 is 11.3 Å². The van der Waals surface area contributed by atoms with Gasteiger partial charge in [-0.15, -0.1) is 0 Å². The van der Waals surface area contributed by atoms with E-state index in [2.05, 4.69) is 43.1 Å². The molecule has 0 atom stereocenters. The number of carbonyl (C=O) groups excluding carboxylic acids is 1. The third kappa shape index (κ3) is 8.52. The van der Waals surface area contributed by atoms with Crippen LogP contribution in [0.1, 0.15) is 63.6 Å². The fraction of sp³-hybridized carbons (Fsp3) is 0.419. The van der Waals surface area contributed by atoms with E-state index >= 15 is 0 Å². The highest BCUT2D eigenvalue weighted by Gasteiger charge is 2.29. The van der Waals surface area contributed by atoms with Crippen molar-refractivity contribution in [2.24, 2.45) is 15.9 Å². The van der Waals surface area contributed by atoms with Gasteiger partial charge < -0.3 is 9.47 Å². The first-order valence-electron chi connectivity index (χ1n) is 13.7. The summed E-state index contributed by atoms with van der Waals surface area (Å²) in [5.41, 5.74) is 3.31. The number of amidine groups is 1. The standard InChI is InChI=1S/C31H36N6O3S/c1-6-33-30(35-21(2)25(18-32)27-36-26-8-7-15-34-28(26)41-27)39-20-23-11-9-22(10-12-23)19-37-16-13-24(14-17-37)29(38)40-31(3,4)5/h6-12,15,24H,13-14,16-17,19-20H2,1-5H3/b25-21+,33-6?,35-30?. The summed E-state index contributed by atoms with van der Waals surface area (Å²) >= 11 is 1.35. The summed E-state index contributed by atoms with van der Waals surface area (Å²) < 4.78 is 11.5. The third-order valence-corrected chi connectivity index (χ3v) is 7.48. The van der Waals surface area contributed by atoms with Crippen LogP contribution in [0.15, 0.2) is 58.3 Å². The minimum Gasteiger partial charge on any atom is -0.460 e. The molecule has 0 aliphatic carbocycles. The number of carbonyl (C=O) groups is 1. The van der Waals surface area contributed by atoms with Crippen LogP contribution in [0, 0.1) is 17.2 Å². The van der Waals surface area contributed by atoms with Crippen LogP contribution in [0.25, 0.3) is 15.9 Å². The summed E-state index contributed by atoms with van der Waals surface area (Å²) in [5.74, 6) is -0.104. The molecule has 0 radical (unpaired) electrons. The highest BCUT2D eigenvalue weighted by atomic mass is 32.1. The molecule has 4 rings (SSSR count). The minimum atomic E-state index is -0.445. The highest BCUT2D eigenvalue weighted by molar-refractivity contribution is 7.19. The van der Waals surface area contributed by atoms with Gasteiger partial charge in [0, 0.05) is 19.0 Å². The molecule has 2 aromatic heterocycles. The van der Waals surface area contributed by atoms with Gasteiger partial charge in [-0.3, -0.25) is 9.69 Å². The average Bonchev–Trinajstić information content (AvgIpc) is 3.36. The zero-order valence-corrected chi connectivity index (χ0v) is 25.1. The number of rotatable bonds is 7. The van der Waals surface area contributed by atoms with Gasteiger partial charge in [0.2, 0.25) is 0 Å². The Morgan fingerprint density at radius 2 is 1.90 bits per heavy atom. The van der Waals surface area contributed by atoms with Crippen LogP contribution in [0.3, 0.4) is 0 Å². The van der Waals surface area contributed by atoms with Crippen LogP contribution in [-0.2, 0) is 27.4 Å². The maximum atomic E-state index is 12.4. The number of aliphatic imine (C=N–C) groups is 2. The van der Waals surface area contributed by atoms with Crippen molar-refractivity contribution in [3.05, 3.63) is 64.4 Å². The number of esters is 1. The van der Waals surface area contributed by atoms with Crippen LogP contribution in [-0.4, -0.2) is 51.8 Å². The Hall–Kier alpha value is -3.94. The first kappa shape index (κ1) is 30.0. The molecule has 214 valence electrons. The second-order valence-corrected chi connectivity index (χ2v) is 11.9. The normalized spacial score (nSPS) is 16.0. The van der Waals surface area contributed by atoms with Crippen molar-refractivity contribution in [3.8, 4) is 6.07 Å². The molecule has 0 bridgehead atoms. The largest absolute Gasteiger partial charge is 0.460 e. The molecule has 1 aliphatic rings.